The third-order valence-electron chi connectivity index (χ3n) is 7.47. The Morgan fingerprint density at radius 2 is 1.75 bits per heavy atom. The van der Waals surface area contributed by atoms with Crippen LogP contribution >= 0.6 is 23.2 Å². The molecule has 2 aromatic carbocycles. The summed E-state index contributed by atoms with van der Waals surface area (Å²) in [5, 5.41) is 12.2. The van der Waals surface area contributed by atoms with Crippen molar-refractivity contribution in [2.75, 3.05) is 39.3 Å². The van der Waals surface area contributed by atoms with E-state index in [1.807, 2.05) is 9.47 Å². The lowest BCUT2D eigenvalue weighted by molar-refractivity contribution is 0.0316. The van der Waals surface area contributed by atoms with Gasteiger partial charge in [0.15, 0.2) is 0 Å². The van der Waals surface area contributed by atoms with Gasteiger partial charge in [-0.3, -0.25) is 19.9 Å². The van der Waals surface area contributed by atoms with Crippen LogP contribution in [0.3, 0.4) is 0 Å². The zero-order valence-corrected chi connectivity index (χ0v) is 23.2. The SMILES string of the molecule is O=C(NN1CCN(CC(O)COc2ccc(Cl)c(F)c2)CC1)c1cn(C2CCCC2)c2cc(Cl)c(F)cc2c1=O. The van der Waals surface area contributed by atoms with E-state index in [1.165, 1.54) is 24.3 Å². The smallest absolute Gasteiger partial charge is 0.271 e. The highest BCUT2D eigenvalue weighted by atomic mass is 35.5. The first-order chi connectivity index (χ1) is 19.2. The van der Waals surface area contributed by atoms with Crippen molar-refractivity contribution in [1.29, 1.82) is 0 Å². The number of benzene rings is 2. The predicted octanol–water partition coefficient (Wildman–Crippen LogP) is 4.40. The average molecular weight is 595 g/mol. The highest BCUT2D eigenvalue weighted by Crippen LogP contribution is 2.33. The van der Waals surface area contributed by atoms with Crippen molar-refractivity contribution >= 4 is 40.0 Å². The molecule has 1 amide bonds. The fourth-order valence-electron chi connectivity index (χ4n) is 5.35. The topological polar surface area (TPSA) is 87.0 Å². The van der Waals surface area contributed by atoms with Gasteiger partial charge >= 0.3 is 0 Å². The first-order valence-electron chi connectivity index (χ1n) is 13.3. The number of aliphatic hydroxyl groups excluding tert-OH is 1. The molecule has 8 nitrogen and oxygen atoms in total. The number of piperazine rings is 1. The highest BCUT2D eigenvalue weighted by molar-refractivity contribution is 6.31. The second-order valence-electron chi connectivity index (χ2n) is 10.3. The molecule has 1 unspecified atom stereocenters. The molecule has 214 valence electrons. The number of β-amino-alcohol motifs (C(OH)–C–C–N with tert-alkyl or cyclic N) is 1. The molecular weight excluding hydrogens is 565 g/mol. The monoisotopic (exact) mass is 594 g/mol. The fraction of sp³-hybridized carbons (Fsp3) is 0.429. The van der Waals surface area contributed by atoms with Crippen molar-refractivity contribution in [2.45, 2.75) is 37.8 Å². The Morgan fingerprint density at radius 3 is 2.45 bits per heavy atom. The number of hydrogen-bond donors (Lipinski definition) is 2. The highest BCUT2D eigenvalue weighted by Gasteiger charge is 2.26. The number of carbonyl (C=O) groups is 1. The molecule has 40 heavy (non-hydrogen) atoms. The quantitative estimate of drug-likeness (QED) is 0.402. The fourth-order valence-corrected chi connectivity index (χ4v) is 5.62. The van der Waals surface area contributed by atoms with Crippen LogP contribution in [0, 0.1) is 11.6 Å². The summed E-state index contributed by atoms with van der Waals surface area (Å²) in [6, 6.07) is 6.76. The Balaban J connectivity index is 1.20. The van der Waals surface area contributed by atoms with E-state index in [9.17, 15) is 23.5 Å². The molecule has 2 aliphatic rings. The maximum atomic E-state index is 14.3. The summed E-state index contributed by atoms with van der Waals surface area (Å²) in [5.74, 6) is -1.57. The molecule has 1 saturated heterocycles. The number of rotatable bonds is 8. The van der Waals surface area contributed by atoms with E-state index in [0.717, 1.165) is 31.7 Å². The van der Waals surface area contributed by atoms with E-state index < -0.39 is 29.1 Å². The van der Waals surface area contributed by atoms with Crippen LogP contribution in [0.25, 0.3) is 10.9 Å². The average Bonchev–Trinajstić information content (AvgIpc) is 3.47. The van der Waals surface area contributed by atoms with Crippen LogP contribution in [0.15, 0.2) is 41.3 Å². The number of hydrazine groups is 1. The molecule has 1 aliphatic heterocycles. The van der Waals surface area contributed by atoms with Gasteiger partial charge in [0.05, 0.1) is 15.6 Å². The third-order valence-corrected chi connectivity index (χ3v) is 8.07. The number of ether oxygens (including phenoxy) is 1. The molecule has 1 aromatic heterocycles. The number of halogens is 4. The van der Waals surface area contributed by atoms with E-state index in [4.69, 9.17) is 27.9 Å². The summed E-state index contributed by atoms with van der Waals surface area (Å²) in [7, 11) is 0. The van der Waals surface area contributed by atoms with Crippen LogP contribution in [0.2, 0.25) is 10.0 Å². The Hall–Kier alpha value is -2.76. The molecule has 2 fully saturated rings. The number of carbonyl (C=O) groups excluding carboxylic acids is 1. The lowest BCUT2D eigenvalue weighted by Gasteiger charge is -2.35. The van der Waals surface area contributed by atoms with Crippen LogP contribution in [0.5, 0.6) is 5.75 Å². The zero-order valence-electron chi connectivity index (χ0n) is 21.7. The molecule has 2 heterocycles. The van der Waals surface area contributed by atoms with Crippen LogP contribution in [-0.4, -0.2) is 70.9 Å². The summed E-state index contributed by atoms with van der Waals surface area (Å²) in [6.45, 7) is 2.37. The molecule has 1 atom stereocenters. The van der Waals surface area contributed by atoms with Crippen molar-refractivity contribution in [2.24, 2.45) is 0 Å². The number of nitrogens with one attached hydrogen (secondary N) is 1. The maximum Gasteiger partial charge on any atom is 0.271 e. The van der Waals surface area contributed by atoms with Gasteiger partial charge in [-0.15, -0.1) is 0 Å². The van der Waals surface area contributed by atoms with Crippen molar-refractivity contribution in [3.05, 3.63) is 74.0 Å². The number of pyridine rings is 1. The molecule has 3 aromatic rings. The van der Waals surface area contributed by atoms with Gasteiger partial charge in [-0.2, -0.15) is 0 Å². The number of fused-ring (bicyclic) bond motifs is 1. The number of nitrogens with zero attached hydrogens (tertiary/aromatic N) is 3. The maximum absolute atomic E-state index is 14.3. The van der Waals surface area contributed by atoms with Crippen molar-refractivity contribution in [3.8, 4) is 5.75 Å². The molecule has 0 bridgehead atoms. The van der Waals surface area contributed by atoms with E-state index in [2.05, 4.69) is 5.43 Å². The first kappa shape index (κ1) is 28.8. The number of amides is 1. The Kier molecular flexibility index (Phi) is 8.92. The van der Waals surface area contributed by atoms with Gasteiger partial charge in [0, 0.05) is 56.4 Å². The van der Waals surface area contributed by atoms with Crippen LogP contribution in [0.4, 0.5) is 8.78 Å². The minimum atomic E-state index is -0.805. The first-order valence-corrected chi connectivity index (χ1v) is 14.0. The molecule has 0 radical (unpaired) electrons. The van der Waals surface area contributed by atoms with E-state index in [-0.39, 0.29) is 39.4 Å². The third kappa shape index (κ3) is 6.42. The van der Waals surface area contributed by atoms with Crippen molar-refractivity contribution < 1.29 is 23.4 Å². The van der Waals surface area contributed by atoms with E-state index >= 15 is 0 Å². The van der Waals surface area contributed by atoms with Gasteiger partial charge in [-0.25, -0.2) is 13.8 Å². The molecule has 5 rings (SSSR count). The molecule has 0 spiro atoms. The van der Waals surface area contributed by atoms with E-state index in [1.54, 1.807) is 11.2 Å². The summed E-state index contributed by atoms with van der Waals surface area (Å²) in [6.07, 6.45) is 4.66. The Labute approximate surface area is 240 Å². The summed E-state index contributed by atoms with van der Waals surface area (Å²) in [5.41, 5.74) is 2.75. The largest absolute Gasteiger partial charge is 0.491 e. The summed E-state index contributed by atoms with van der Waals surface area (Å²) < 4.78 is 35.2. The molecule has 1 aliphatic carbocycles. The van der Waals surface area contributed by atoms with Gasteiger partial charge in [0.1, 0.15) is 35.7 Å². The second-order valence-corrected chi connectivity index (χ2v) is 11.1. The van der Waals surface area contributed by atoms with E-state index in [0.29, 0.717) is 38.2 Å². The normalized spacial score (nSPS) is 17.8. The molecule has 1 saturated carbocycles. The second kappa shape index (κ2) is 12.4. The van der Waals surface area contributed by atoms with Crippen LogP contribution in [-0.2, 0) is 0 Å². The number of aromatic nitrogens is 1. The van der Waals surface area contributed by atoms with Crippen molar-refractivity contribution in [1.82, 2.24) is 19.9 Å². The summed E-state index contributed by atoms with van der Waals surface area (Å²) in [4.78, 5) is 28.5. The Morgan fingerprint density at radius 1 is 1.05 bits per heavy atom. The molecule has 2 N–H and O–H groups in total. The van der Waals surface area contributed by atoms with Gasteiger partial charge < -0.3 is 14.4 Å². The minimum Gasteiger partial charge on any atom is -0.491 e. The Bertz CT molecular complexity index is 1460. The standard InChI is InChI=1S/C28H30Cl2F2N4O4/c29-22-6-5-19(11-24(22)31)40-16-18(37)14-34-7-9-35(10-8-34)33-28(39)21-15-36(17-3-1-2-4-17)26-13-23(30)25(32)12-20(26)27(21)38/h5-6,11-13,15,17-18,37H,1-4,7-10,14,16H2,(H,33,39). The zero-order chi connectivity index (χ0) is 28.4. The van der Waals surface area contributed by atoms with Crippen LogP contribution in [0.1, 0.15) is 42.1 Å². The van der Waals surface area contributed by atoms with Crippen LogP contribution < -0.4 is 15.6 Å². The van der Waals surface area contributed by atoms with Gasteiger partial charge in [-0.05, 0) is 37.1 Å². The minimum absolute atomic E-state index is 0.00299. The number of aliphatic hydroxyl groups is 1. The summed E-state index contributed by atoms with van der Waals surface area (Å²) >= 11 is 11.7. The lowest BCUT2D eigenvalue weighted by atomic mass is 10.1. The molecular formula is C28H30Cl2F2N4O4. The predicted molar refractivity (Wildman–Crippen MR) is 149 cm³/mol. The van der Waals surface area contributed by atoms with Gasteiger partial charge in [0.25, 0.3) is 5.91 Å². The van der Waals surface area contributed by atoms with Crippen molar-refractivity contribution in [3.63, 3.8) is 0 Å². The van der Waals surface area contributed by atoms with Gasteiger partial charge in [0.2, 0.25) is 5.43 Å². The lowest BCUT2D eigenvalue weighted by Crippen LogP contribution is -2.55. The number of hydrogen-bond acceptors (Lipinski definition) is 6. The molecule has 12 heteroatoms. The van der Waals surface area contributed by atoms with Gasteiger partial charge in [-0.1, -0.05) is 36.0 Å².